The third-order valence-corrected chi connectivity index (χ3v) is 2.98. The number of nitrogens with one attached hydrogen (secondary N) is 1. The molecule has 6 nitrogen and oxygen atoms in total. The van der Waals surface area contributed by atoms with Crippen molar-refractivity contribution in [2.45, 2.75) is 18.9 Å². The monoisotopic (exact) mass is 261 g/mol. The van der Waals surface area contributed by atoms with Gasteiger partial charge in [-0.25, -0.2) is 4.79 Å². The lowest BCUT2D eigenvalue weighted by molar-refractivity contribution is -0.130. The number of hydrogen-bond acceptors (Lipinski definition) is 3. The quantitative estimate of drug-likeness (QED) is 0.732. The average molecular weight is 261 g/mol. The van der Waals surface area contributed by atoms with E-state index in [0.717, 1.165) is 10.5 Å². The van der Waals surface area contributed by atoms with Crippen LogP contribution >= 0.6 is 0 Å². The average Bonchev–Trinajstić information content (AvgIpc) is 2.63. The minimum absolute atomic E-state index is 0.160. The van der Waals surface area contributed by atoms with Crippen molar-refractivity contribution in [1.82, 2.24) is 10.2 Å². The molecule has 4 amide bonds. The summed E-state index contributed by atoms with van der Waals surface area (Å²) in [4.78, 5) is 35.5. The van der Waals surface area contributed by atoms with Crippen molar-refractivity contribution in [1.29, 1.82) is 0 Å². The number of carbonyl (C=O) groups is 3. The summed E-state index contributed by atoms with van der Waals surface area (Å²) in [5.74, 6) is -0.997. The first kappa shape index (κ1) is 13.1. The highest BCUT2D eigenvalue weighted by Crippen LogP contribution is 2.10. The van der Waals surface area contributed by atoms with Crippen molar-refractivity contribution in [2.75, 3.05) is 6.54 Å². The minimum Gasteiger partial charge on any atom is -0.370 e. The molecule has 1 fully saturated rings. The smallest absolute Gasteiger partial charge is 0.324 e. The van der Waals surface area contributed by atoms with Gasteiger partial charge in [0, 0.05) is 6.54 Å². The van der Waals surface area contributed by atoms with Crippen molar-refractivity contribution in [2.24, 2.45) is 5.73 Å². The molecule has 1 aliphatic rings. The topological polar surface area (TPSA) is 92.5 Å². The number of amides is 4. The number of urea groups is 1. The molecule has 1 aromatic rings. The van der Waals surface area contributed by atoms with Crippen LogP contribution in [0.25, 0.3) is 0 Å². The molecule has 0 saturated carbocycles. The zero-order valence-electron chi connectivity index (χ0n) is 10.3. The second-order valence-electron chi connectivity index (χ2n) is 4.40. The van der Waals surface area contributed by atoms with Crippen LogP contribution in [0.1, 0.15) is 12.0 Å². The number of hydrogen-bond donors (Lipinski definition) is 2. The molecule has 1 aromatic carbocycles. The van der Waals surface area contributed by atoms with Crippen LogP contribution in [-0.2, 0) is 16.0 Å². The van der Waals surface area contributed by atoms with Gasteiger partial charge >= 0.3 is 6.03 Å². The van der Waals surface area contributed by atoms with Gasteiger partial charge in [0.2, 0.25) is 5.91 Å². The normalized spacial score (nSPS) is 18.5. The number of nitrogens with two attached hydrogens (primary N) is 1. The molecular formula is C13H15N3O3. The molecule has 1 heterocycles. The van der Waals surface area contributed by atoms with Crippen LogP contribution in [0.3, 0.4) is 0 Å². The van der Waals surface area contributed by atoms with E-state index in [1.807, 2.05) is 30.3 Å². The van der Waals surface area contributed by atoms with E-state index < -0.39 is 18.0 Å². The third kappa shape index (κ3) is 3.09. The fraction of sp³-hybridized carbons (Fsp3) is 0.308. The SMILES string of the molecule is NC(=O)CC1NC(=O)N(CCc2ccccc2)C1=O. The van der Waals surface area contributed by atoms with E-state index in [0.29, 0.717) is 13.0 Å². The second-order valence-corrected chi connectivity index (χ2v) is 4.40. The largest absolute Gasteiger partial charge is 0.370 e. The summed E-state index contributed by atoms with van der Waals surface area (Å²) in [6.45, 7) is 0.296. The van der Waals surface area contributed by atoms with Gasteiger partial charge < -0.3 is 11.1 Å². The van der Waals surface area contributed by atoms with Crippen LogP contribution in [-0.4, -0.2) is 35.3 Å². The van der Waals surface area contributed by atoms with E-state index >= 15 is 0 Å². The highest BCUT2D eigenvalue weighted by atomic mass is 16.2. The number of benzene rings is 1. The molecule has 19 heavy (non-hydrogen) atoms. The molecule has 100 valence electrons. The van der Waals surface area contributed by atoms with E-state index in [1.165, 1.54) is 0 Å². The van der Waals surface area contributed by atoms with Crippen molar-refractivity contribution < 1.29 is 14.4 Å². The predicted octanol–water partition coefficient (Wildman–Crippen LogP) is 0.0249. The van der Waals surface area contributed by atoms with Gasteiger partial charge in [-0.1, -0.05) is 30.3 Å². The van der Waals surface area contributed by atoms with Gasteiger partial charge in [0.1, 0.15) is 6.04 Å². The Morgan fingerprint density at radius 2 is 1.95 bits per heavy atom. The molecule has 0 radical (unpaired) electrons. The van der Waals surface area contributed by atoms with Crippen LogP contribution in [0, 0.1) is 0 Å². The maximum absolute atomic E-state index is 11.9. The Balaban J connectivity index is 1.95. The van der Waals surface area contributed by atoms with Gasteiger partial charge in [0.15, 0.2) is 0 Å². The van der Waals surface area contributed by atoms with Crippen LogP contribution in [0.4, 0.5) is 4.79 Å². The predicted molar refractivity (Wildman–Crippen MR) is 68.0 cm³/mol. The standard InChI is InChI=1S/C13H15N3O3/c14-11(17)8-10-12(18)16(13(19)15-10)7-6-9-4-2-1-3-5-9/h1-5,10H,6-8H2,(H2,14,17)(H,15,19). The lowest BCUT2D eigenvalue weighted by Gasteiger charge is -2.12. The maximum atomic E-state index is 11.9. The molecule has 1 aliphatic heterocycles. The van der Waals surface area contributed by atoms with Gasteiger partial charge in [0.05, 0.1) is 6.42 Å². The van der Waals surface area contributed by atoms with Gasteiger partial charge in [-0.3, -0.25) is 14.5 Å². The van der Waals surface area contributed by atoms with E-state index in [9.17, 15) is 14.4 Å². The fourth-order valence-electron chi connectivity index (χ4n) is 2.01. The molecule has 1 atom stereocenters. The Kier molecular flexibility index (Phi) is 3.79. The first-order chi connectivity index (χ1) is 9.08. The Bertz CT molecular complexity index is 501. The lowest BCUT2D eigenvalue weighted by atomic mass is 10.1. The molecule has 3 N–H and O–H groups in total. The number of primary amides is 1. The highest BCUT2D eigenvalue weighted by Gasteiger charge is 2.38. The Morgan fingerprint density at radius 1 is 1.26 bits per heavy atom. The van der Waals surface area contributed by atoms with Gasteiger partial charge in [-0.15, -0.1) is 0 Å². The van der Waals surface area contributed by atoms with Gasteiger partial charge in [0.25, 0.3) is 5.91 Å². The van der Waals surface area contributed by atoms with Crippen molar-refractivity contribution in [3.8, 4) is 0 Å². The summed E-state index contributed by atoms with van der Waals surface area (Å²) in [6, 6.07) is 8.28. The second kappa shape index (κ2) is 5.51. The van der Waals surface area contributed by atoms with Crippen LogP contribution in [0.2, 0.25) is 0 Å². The third-order valence-electron chi connectivity index (χ3n) is 2.98. The summed E-state index contributed by atoms with van der Waals surface area (Å²) in [6.07, 6.45) is 0.426. The van der Waals surface area contributed by atoms with Crippen molar-refractivity contribution in [3.05, 3.63) is 35.9 Å². The summed E-state index contributed by atoms with van der Waals surface area (Å²) < 4.78 is 0. The summed E-state index contributed by atoms with van der Waals surface area (Å²) >= 11 is 0. The number of carbonyl (C=O) groups excluding carboxylic acids is 3. The summed E-state index contributed by atoms with van der Waals surface area (Å²) in [5, 5.41) is 2.46. The first-order valence-electron chi connectivity index (χ1n) is 6.02. The van der Waals surface area contributed by atoms with Crippen LogP contribution in [0.5, 0.6) is 0 Å². The van der Waals surface area contributed by atoms with Crippen molar-refractivity contribution >= 4 is 17.8 Å². The molecule has 2 rings (SSSR count). The summed E-state index contributed by atoms with van der Waals surface area (Å²) in [7, 11) is 0. The van der Waals surface area contributed by atoms with Gasteiger partial charge in [-0.2, -0.15) is 0 Å². The molecule has 6 heteroatoms. The molecule has 1 unspecified atom stereocenters. The molecule has 0 spiro atoms. The van der Waals surface area contributed by atoms with E-state index in [-0.39, 0.29) is 12.3 Å². The zero-order valence-corrected chi connectivity index (χ0v) is 10.3. The Hall–Kier alpha value is -2.37. The highest BCUT2D eigenvalue weighted by molar-refractivity contribution is 6.05. The minimum atomic E-state index is -0.819. The molecule has 0 aromatic heterocycles. The van der Waals surface area contributed by atoms with Crippen molar-refractivity contribution in [3.63, 3.8) is 0 Å². The lowest BCUT2D eigenvalue weighted by Crippen LogP contribution is -2.35. The van der Waals surface area contributed by atoms with E-state index in [2.05, 4.69) is 5.32 Å². The van der Waals surface area contributed by atoms with Crippen LogP contribution in [0.15, 0.2) is 30.3 Å². The summed E-state index contributed by atoms with van der Waals surface area (Å²) in [5.41, 5.74) is 6.07. The molecule has 0 bridgehead atoms. The van der Waals surface area contributed by atoms with E-state index in [4.69, 9.17) is 5.73 Å². The maximum Gasteiger partial charge on any atom is 0.324 e. The number of imide groups is 1. The molecule has 1 saturated heterocycles. The Morgan fingerprint density at radius 3 is 2.58 bits per heavy atom. The number of nitrogens with zero attached hydrogens (tertiary/aromatic N) is 1. The van der Waals surface area contributed by atoms with Gasteiger partial charge in [-0.05, 0) is 12.0 Å². The number of rotatable bonds is 5. The first-order valence-corrected chi connectivity index (χ1v) is 6.02. The molecular weight excluding hydrogens is 246 g/mol. The van der Waals surface area contributed by atoms with Crippen LogP contribution < -0.4 is 11.1 Å². The zero-order chi connectivity index (χ0) is 13.8. The Labute approximate surface area is 110 Å². The fourth-order valence-corrected chi connectivity index (χ4v) is 2.01. The van der Waals surface area contributed by atoms with E-state index in [1.54, 1.807) is 0 Å². The molecule has 0 aliphatic carbocycles.